The molecule has 0 aliphatic carbocycles. The second-order valence-corrected chi connectivity index (χ2v) is 5.61. The average molecular weight is 209 g/mol. The Morgan fingerprint density at radius 1 is 1.07 bits per heavy atom. The van der Waals surface area contributed by atoms with E-state index in [9.17, 15) is 0 Å². The molecule has 0 unspecified atom stereocenters. The van der Waals surface area contributed by atoms with Crippen LogP contribution in [-0.4, -0.2) is 6.54 Å². The first-order chi connectivity index (χ1) is 6.85. The molecule has 0 aromatic rings. The molecule has 0 aromatic heterocycles. The summed E-state index contributed by atoms with van der Waals surface area (Å²) in [5.74, 6) is 0. The summed E-state index contributed by atoms with van der Waals surface area (Å²) in [7, 11) is 0. The van der Waals surface area contributed by atoms with Gasteiger partial charge in [-0.1, -0.05) is 44.1 Å². The average Bonchev–Trinajstić information content (AvgIpc) is 2.13. The first kappa shape index (κ1) is 14.4. The smallest absolute Gasteiger partial charge is 0.0134 e. The lowest BCUT2D eigenvalue weighted by Gasteiger charge is -2.15. The van der Waals surface area contributed by atoms with Crippen LogP contribution in [0.1, 0.15) is 53.9 Å². The van der Waals surface area contributed by atoms with Crippen LogP contribution in [0.5, 0.6) is 0 Å². The van der Waals surface area contributed by atoms with E-state index >= 15 is 0 Å². The number of allylic oxidation sites excluding steroid dienone is 3. The molecule has 0 heterocycles. The molecule has 0 fully saturated rings. The van der Waals surface area contributed by atoms with E-state index in [0.29, 0.717) is 12.0 Å². The van der Waals surface area contributed by atoms with Gasteiger partial charge in [-0.2, -0.15) is 0 Å². The van der Waals surface area contributed by atoms with Gasteiger partial charge in [-0.05, 0) is 38.5 Å². The zero-order valence-corrected chi connectivity index (χ0v) is 11.1. The molecular formula is C14H27N. The van der Waals surface area contributed by atoms with E-state index in [1.807, 2.05) is 0 Å². The van der Waals surface area contributed by atoms with Crippen molar-refractivity contribution in [3.8, 4) is 0 Å². The Hall–Kier alpha value is -0.560. The second-order valence-electron chi connectivity index (χ2n) is 5.61. The van der Waals surface area contributed by atoms with E-state index in [0.717, 1.165) is 12.8 Å². The molecule has 0 spiro atoms. The lowest BCUT2D eigenvalue weighted by Crippen LogP contribution is -2.02. The van der Waals surface area contributed by atoms with Crippen molar-refractivity contribution in [2.45, 2.75) is 53.9 Å². The third-order valence-electron chi connectivity index (χ3n) is 2.42. The highest BCUT2D eigenvalue weighted by molar-refractivity contribution is 5.04. The quantitative estimate of drug-likeness (QED) is 0.679. The Labute approximate surface area is 95.4 Å². The topological polar surface area (TPSA) is 26.0 Å². The molecule has 0 aromatic carbocycles. The van der Waals surface area contributed by atoms with Crippen molar-refractivity contribution >= 4 is 0 Å². The molecule has 0 atom stereocenters. The molecule has 0 rings (SSSR count). The van der Waals surface area contributed by atoms with Crippen molar-refractivity contribution in [2.24, 2.45) is 11.1 Å². The van der Waals surface area contributed by atoms with Gasteiger partial charge in [0, 0.05) is 6.54 Å². The molecule has 0 saturated heterocycles. The van der Waals surface area contributed by atoms with Crippen molar-refractivity contribution in [1.82, 2.24) is 0 Å². The highest BCUT2D eigenvalue weighted by Gasteiger charge is 2.07. The lowest BCUT2D eigenvalue weighted by molar-refractivity contribution is 0.419. The van der Waals surface area contributed by atoms with Gasteiger partial charge in [-0.25, -0.2) is 0 Å². The van der Waals surface area contributed by atoms with Gasteiger partial charge >= 0.3 is 0 Å². The minimum absolute atomic E-state index is 0.407. The largest absolute Gasteiger partial charge is 0.327 e. The summed E-state index contributed by atoms with van der Waals surface area (Å²) >= 11 is 0. The van der Waals surface area contributed by atoms with Crippen molar-refractivity contribution in [1.29, 1.82) is 0 Å². The normalized spacial score (nSPS) is 14.5. The zero-order valence-electron chi connectivity index (χ0n) is 11.1. The summed E-state index contributed by atoms with van der Waals surface area (Å²) < 4.78 is 0. The van der Waals surface area contributed by atoms with Gasteiger partial charge in [-0.15, -0.1) is 0 Å². The molecule has 0 bridgehead atoms. The van der Waals surface area contributed by atoms with Crippen LogP contribution in [0.3, 0.4) is 0 Å². The summed E-state index contributed by atoms with van der Waals surface area (Å²) in [5, 5.41) is 0. The Morgan fingerprint density at radius 2 is 1.67 bits per heavy atom. The highest BCUT2D eigenvalue weighted by Crippen LogP contribution is 2.20. The van der Waals surface area contributed by atoms with Gasteiger partial charge < -0.3 is 5.73 Å². The first-order valence-electron chi connectivity index (χ1n) is 5.86. The summed E-state index contributed by atoms with van der Waals surface area (Å²) in [5.41, 5.74) is 8.71. The number of hydrogen-bond acceptors (Lipinski definition) is 1. The summed E-state index contributed by atoms with van der Waals surface area (Å²) in [6.07, 6.45) is 8.06. The van der Waals surface area contributed by atoms with E-state index in [1.165, 1.54) is 17.6 Å². The predicted octanol–water partition coefficient (Wildman–Crippen LogP) is 4.05. The monoisotopic (exact) mass is 209 g/mol. The molecule has 88 valence electrons. The summed E-state index contributed by atoms with van der Waals surface area (Å²) in [4.78, 5) is 0. The molecule has 1 heteroatoms. The van der Waals surface area contributed by atoms with E-state index < -0.39 is 0 Å². The third-order valence-corrected chi connectivity index (χ3v) is 2.42. The number of nitrogens with two attached hydrogens (primary N) is 1. The lowest BCUT2D eigenvalue weighted by atomic mass is 9.91. The van der Waals surface area contributed by atoms with E-state index in [-0.39, 0.29) is 0 Å². The second kappa shape index (κ2) is 6.84. The Kier molecular flexibility index (Phi) is 6.58. The SMILES string of the molecule is C/C(=C\CC/C(C)=C/CC(C)(C)C)CN. The standard InChI is InChI=1S/C14H27N/c1-12(9-10-14(3,4)5)7-6-8-13(2)11-15/h8-9H,6-7,10-11,15H2,1-5H3/b12-9+,13-8+. The Balaban J connectivity index is 3.89. The molecule has 0 saturated carbocycles. The highest BCUT2D eigenvalue weighted by atomic mass is 14.5. The minimum Gasteiger partial charge on any atom is -0.327 e. The predicted molar refractivity (Wildman–Crippen MR) is 69.9 cm³/mol. The zero-order chi connectivity index (χ0) is 11.9. The Bertz CT molecular complexity index is 228. The summed E-state index contributed by atoms with van der Waals surface area (Å²) in [6.45, 7) is 11.8. The van der Waals surface area contributed by atoms with Crippen LogP contribution in [0.15, 0.2) is 23.3 Å². The maximum atomic E-state index is 5.52. The van der Waals surface area contributed by atoms with Crippen LogP contribution in [0.2, 0.25) is 0 Å². The maximum absolute atomic E-state index is 5.52. The van der Waals surface area contributed by atoms with Crippen LogP contribution in [-0.2, 0) is 0 Å². The first-order valence-corrected chi connectivity index (χ1v) is 5.86. The van der Waals surface area contributed by atoms with Crippen molar-refractivity contribution in [2.75, 3.05) is 6.54 Å². The van der Waals surface area contributed by atoms with E-state index in [4.69, 9.17) is 5.73 Å². The summed E-state index contributed by atoms with van der Waals surface area (Å²) in [6, 6.07) is 0. The third kappa shape index (κ3) is 9.74. The number of rotatable bonds is 5. The fourth-order valence-corrected chi connectivity index (χ4v) is 1.21. The maximum Gasteiger partial charge on any atom is 0.0134 e. The van der Waals surface area contributed by atoms with Crippen LogP contribution in [0.4, 0.5) is 0 Å². The van der Waals surface area contributed by atoms with Gasteiger partial charge in [0.15, 0.2) is 0 Å². The molecule has 2 N–H and O–H groups in total. The molecule has 0 amide bonds. The molecular weight excluding hydrogens is 182 g/mol. The van der Waals surface area contributed by atoms with E-state index in [1.54, 1.807) is 0 Å². The van der Waals surface area contributed by atoms with Crippen LogP contribution < -0.4 is 5.73 Å². The number of hydrogen-bond donors (Lipinski definition) is 1. The van der Waals surface area contributed by atoms with Crippen molar-refractivity contribution in [3.05, 3.63) is 23.3 Å². The van der Waals surface area contributed by atoms with Crippen molar-refractivity contribution < 1.29 is 0 Å². The molecule has 15 heavy (non-hydrogen) atoms. The van der Waals surface area contributed by atoms with Crippen LogP contribution >= 0.6 is 0 Å². The van der Waals surface area contributed by atoms with Gasteiger partial charge in [0.2, 0.25) is 0 Å². The van der Waals surface area contributed by atoms with Crippen LogP contribution in [0.25, 0.3) is 0 Å². The minimum atomic E-state index is 0.407. The molecule has 0 aliphatic heterocycles. The molecule has 0 aliphatic rings. The van der Waals surface area contributed by atoms with E-state index in [2.05, 4.69) is 46.8 Å². The van der Waals surface area contributed by atoms with Gasteiger partial charge in [0.05, 0.1) is 0 Å². The van der Waals surface area contributed by atoms with Crippen LogP contribution in [0, 0.1) is 5.41 Å². The fourth-order valence-electron chi connectivity index (χ4n) is 1.21. The van der Waals surface area contributed by atoms with Crippen molar-refractivity contribution in [3.63, 3.8) is 0 Å². The Morgan fingerprint density at radius 3 is 2.13 bits per heavy atom. The molecule has 1 nitrogen and oxygen atoms in total. The molecule has 0 radical (unpaired) electrons. The van der Waals surface area contributed by atoms with Gasteiger partial charge in [-0.3, -0.25) is 0 Å². The van der Waals surface area contributed by atoms with Gasteiger partial charge in [0.1, 0.15) is 0 Å². The van der Waals surface area contributed by atoms with Gasteiger partial charge in [0.25, 0.3) is 0 Å². The fraction of sp³-hybridized carbons (Fsp3) is 0.714.